The van der Waals surface area contributed by atoms with Crippen molar-refractivity contribution in [1.29, 1.82) is 0 Å². The number of hydrogen-bond donors (Lipinski definition) is 2. The minimum absolute atomic E-state index is 0.0504. The molecule has 5 nitrogen and oxygen atoms in total. The number of carboxylic acids is 1. The molecule has 2 N–H and O–H groups in total. The summed E-state index contributed by atoms with van der Waals surface area (Å²) in [5.41, 5.74) is 1.01. The molecule has 1 aromatic heterocycles. The van der Waals surface area contributed by atoms with E-state index >= 15 is 0 Å². The van der Waals surface area contributed by atoms with Gasteiger partial charge < -0.3 is 10.2 Å². The summed E-state index contributed by atoms with van der Waals surface area (Å²) in [4.78, 5) is 25.3. The van der Waals surface area contributed by atoms with Crippen molar-refractivity contribution in [2.45, 2.75) is 33.1 Å². The predicted octanol–water partition coefficient (Wildman–Crippen LogP) is 5.35. The lowest BCUT2D eigenvalue weighted by Crippen LogP contribution is -2.21. The Morgan fingerprint density at radius 1 is 1.24 bits per heavy atom. The molecule has 0 saturated carbocycles. The smallest absolute Gasteiger partial charge is 0.311 e. The summed E-state index contributed by atoms with van der Waals surface area (Å²) in [7, 11) is 0. The molecule has 0 amide bonds. The molecular weight excluding hydrogens is 397 g/mol. The van der Waals surface area contributed by atoms with Crippen molar-refractivity contribution in [2.75, 3.05) is 0 Å². The Morgan fingerprint density at radius 3 is 2.52 bits per heavy atom. The largest absolute Gasteiger partial charge is 0.505 e. The fraction of sp³-hybridized carbons (Fsp3) is 0.273. The van der Waals surface area contributed by atoms with Crippen LogP contribution in [0.3, 0.4) is 0 Å². The number of benzene rings is 2. The first-order valence-electron chi connectivity index (χ1n) is 9.24. The van der Waals surface area contributed by atoms with E-state index in [0.717, 1.165) is 6.07 Å². The number of carbonyl (C=O) groups excluding carboxylic acids is 1. The summed E-state index contributed by atoms with van der Waals surface area (Å²) in [5.74, 6) is -4.45. The normalized spacial score (nSPS) is 13.4. The number of rotatable bonds is 5. The highest BCUT2D eigenvalue weighted by molar-refractivity contribution is 6.31. The van der Waals surface area contributed by atoms with Crippen LogP contribution in [0.1, 0.15) is 47.8 Å². The lowest BCUT2D eigenvalue weighted by atomic mass is 9.84. The van der Waals surface area contributed by atoms with Gasteiger partial charge in [0.2, 0.25) is 0 Å². The summed E-state index contributed by atoms with van der Waals surface area (Å²) in [6.07, 6.45) is 0.547. The minimum Gasteiger partial charge on any atom is -0.505 e. The molecule has 2 aromatic carbocycles. The number of aromatic hydroxyl groups is 1. The van der Waals surface area contributed by atoms with Gasteiger partial charge >= 0.3 is 5.97 Å². The molecule has 152 valence electrons. The number of aliphatic carboxylic acids is 1. The van der Waals surface area contributed by atoms with E-state index in [4.69, 9.17) is 11.6 Å². The Hall–Kier alpha value is -2.86. The van der Waals surface area contributed by atoms with E-state index in [-0.39, 0.29) is 27.9 Å². The van der Waals surface area contributed by atoms with Gasteiger partial charge in [-0.25, -0.2) is 4.39 Å². The third kappa shape index (κ3) is 3.49. The lowest BCUT2D eigenvalue weighted by molar-refractivity contribution is -0.140. The van der Waals surface area contributed by atoms with E-state index in [1.807, 2.05) is 6.92 Å². The van der Waals surface area contributed by atoms with Crippen LogP contribution >= 0.6 is 11.6 Å². The molecule has 3 aromatic rings. The van der Waals surface area contributed by atoms with Crippen molar-refractivity contribution in [3.05, 3.63) is 64.1 Å². The zero-order valence-electron chi connectivity index (χ0n) is 16.2. The molecule has 2 atom stereocenters. The Labute approximate surface area is 172 Å². The zero-order chi connectivity index (χ0) is 21.5. The molecule has 29 heavy (non-hydrogen) atoms. The van der Waals surface area contributed by atoms with Crippen molar-refractivity contribution in [2.24, 2.45) is 5.92 Å². The maximum absolute atomic E-state index is 15.0. The number of hydrogen-bond acceptors (Lipinski definition) is 3. The van der Waals surface area contributed by atoms with Crippen LogP contribution in [-0.4, -0.2) is 26.7 Å². The highest BCUT2D eigenvalue weighted by atomic mass is 35.5. The van der Waals surface area contributed by atoms with E-state index in [9.17, 15) is 24.2 Å². The Balaban J connectivity index is 2.39. The van der Waals surface area contributed by atoms with E-state index in [1.165, 1.54) is 16.7 Å². The van der Waals surface area contributed by atoms with Gasteiger partial charge in [0.05, 0.1) is 11.4 Å². The number of halogens is 2. The number of fused-ring (bicyclic) bond motifs is 1. The van der Waals surface area contributed by atoms with Crippen LogP contribution in [0.5, 0.6) is 5.75 Å². The molecule has 1 heterocycles. The molecule has 0 radical (unpaired) electrons. The average Bonchev–Trinajstić information content (AvgIpc) is 2.96. The van der Waals surface area contributed by atoms with Gasteiger partial charge in [0.1, 0.15) is 0 Å². The van der Waals surface area contributed by atoms with Crippen molar-refractivity contribution < 1.29 is 24.2 Å². The van der Waals surface area contributed by atoms with Gasteiger partial charge in [-0.15, -0.1) is 0 Å². The van der Waals surface area contributed by atoms with Crippen molar-refractivity contribution >= 4 is 34.4 Å². The monoisotopic (exact) mass is 417 g/mol. The molecule has 0 bridgehead atoms. The molecule has 3 rings (SSSR count). The van der Waals surface area contributed by atoms with Crippen LogP contribution in [0, 0.1) is 18.7 Å². The molecule has 1 unspecified atom stereocenters. The predicted molar refractivity (Wildman–Crippen MR) is 109 cm³/mol. The summed E-state index contributed by atoms with van der Waals surface area (Å²) in [6, 6.07) is 8.91. The molecule has 0 spiro atoms. The third-order valence-electron chi connectivity index (χ3n) is 5.40. The molecule has 0 saturated heterocycles. The number of aromatic nitrogens is 1. The Morgan fingerprint density at radius 2 is 1.93 bits per heavy atom. The maximum Gasteiger partial charge on any atom is 0.311 e. The highest BCUT2D eigenvalue weighted by Crippen LogP contribution is 2.40. The summed E-state index contributed by atoms with van der Waals surface area (Å²) in [5, 5.41) is 20.1. The average molecular weight is 418 g/mol. The van der Waals surface area contributed by atoms with Gasteiger partial charge in [0, 0.05) is 21.7 Å². The number of carbonyl (C=O) groups is 2. The van der Waals surface area contributed by atoms with Crippen LogP contribution in [0.15, 0.2) is 36.4 Å². The lowest BCUT2D eigenvalue weighted by Gasteiger charge is -2.20. The Kier molecular flexibility index (Phi) is 5.66. The van der Waals surface area contributed by atoms with Crippen LogP contribution in [-0.2, 0) is 4.79 Å². The fourth-order valence-electron chi connectivity index (χ4n) is 3.76. The van der Waals surface area contributed by atoms with Crippen LogP contribution in [0.2, 0.25) is 5.02 Å². The second-order valence-electron chi connectivity index (χ2n) is 7.14. The van der Waals surface area contributed by atoms with Crippen LogP contribution in [0.25, 0.3) is 10.9 Å². The number of carboxylic acid groups (broad SMARTS) is 1. The van der Waals surface area contributed by atoms with Crippen molar-refractivity contribution in [3.8, 4) is 5.75 Å². The molecule has 0 fully saturated rings. The number of phenols is 1. The zero-order valence-corrected chi connectivity index (χ0v) is 17.0. The fourth-order valence-corrected chi connectivity index (χ4v) is 3.95. The van der Waals surface area contributed by atoms with Gasteiger partial charge in [-0.1, -0.05) is 37.9 Å². The van der Waals surface area contributed by atoms with E-state index in [2.05, 4.69) is 0 Å². The topological polar surface area (TPSA) is 79.5 Å². The van der Waals surface area contributed by atoms with Gasteiger partial charge in [-0.3, -0.25) is 14.2 Å². The van der Waals surface area contributed by atoms with E-state index < -0.39 is 29.4 Å². The molecule has 7 heteroatoms. The van der Waals surface area contributed by atoms with E-state index in [1.54, 1.807) is 32.0 Å². The Bertz CT molecular complexity index is 1120. The van der Waals surface area contributed by atoms with Gasteiger partial charge in [0.25, 0.3) is 5.91 Å². The standard InChI is InChI=1S/C22H21ClFNO4/c1-4-11(2)17(22(28)29)18-12(3)25(15-8-9-16(26)20(24)19(15)18)21(27)13-6-5-7-14(23)10-13/h5-11,17,26H,4H2,1-3H3,(H,28,29)/t11-,17?/m0/s1. The third-order valence-corrected chi connectivity index (χ3v) is 5.63. The van der Waals surface area contributed by atoms with E-state index in [0.29, 0.717) is 17.1 Å². The molecule has 0 aliphatic heterocycles. The number of nitrogens with zero attached hydrogens (tertiary/aromatic N) is 1. The number of phenolic OH excluding ortho intramolecular Hbond substituents is 1. The molecule has 0 aliphatic rings. The van der Waals surface area contributed by atoms with Gasteiger partial charge in [-0.2, -0.15) is 0 Å². The maximum atomic E-state index is 15.0. The summed E-state index contributed by atoms with van der Waals surface area (Å²) >= 11 is 6.01. The van der Waals surface area contributed by atoms with Crippen molar-refractivity contribution in [3.63, 3.8) is 0 Å². The van der Waals surface area contributed by atoms with Crippen LogP contribution in [0.4, 0.5) is 4.39 Å². The molecule has 0 aliphatic carbocycles. The molecular formula is C22H21ClFNO4. The first-order chi connectivity index (χ1) is 13.7. The van der Waals surface area contributed by atoms with Crippen LogP contribution < -0.4 is 0 Å². The minimum atomic E-state index is -1.11. The summed E-state index contributed by atoms with van der Waals surface area (Å²) in [6.45, 7) is 5.20. The quantitative estimate of drug-likeness (QED) is 0.586. The first-order valence-corrected chi connectivity index (χ1v) is 9.62. The van der Waals surface area contributed by atoms with Gasteiger partial charge in [0.15, 0.2) is 11.6 Å². The van der Waals surface area contributed by atoms with Gasteiger partial charge in [-0.05, 0) is 48.7 Å². The second kappa shape index (κ2) is 7.87. The first kappa shape index (κ1) is 20.9. The second-order valence-corrected chi connectivity index (χ2v) is 7.58. The summed E-state index contributed by atoms with van der Waals surface area (Å²) < 4.78 is 16.3. The van der Waals surface area contributed by atoms with Crippen molar-refractivity contribution in [1.82, 2.24) is 4.57 Å². The SMILES string of the molecule is CC[C@H](C)C(C(=O)O)c1c(C)n(C(=O)c2cccc(Cl)c2)c2ccc(O)c(F)c12. The highest BCUT2D eigenvalue weighted by Gasteiger charge is 2.34.